The van der Waals surface area contributed by atoms with Gasteiger partial charge in [-0.25, -0.2) is 0 Å². The highest BCUT2D eigenvalue weighted by Gasteiger charge is 2.34. The van der Waals surface area contributed by atoms with Gasteiger partial charge in [-0.3, -0.25) is 9.69 Å². The number of carbonyl (C=O) groups excluding carboxylic acids is 1. The summed E-state index contributed by atoms with van der Waals surface area (Å²) in [5, 5.41) is 0.709. The molecule has 0 radical (unpaired) electrons. The van der Waals surface area contributed by atoms with Crippen molar-refractivity contribution in [1.29, 1.82) is 0 Å². The van der Waals surface area contributed by atoms with Crippen molar-refractivity contribution in [2.75, 3.05) is 13.1 Å². The van der Waals surface area contributed by atoms with Gasteiger partial charge in [0, 0.05) is 42.8 Å². The molecule has 25 heavy (non-hydrogen) atoms. The Morgan fingerprint density at radius 3 is 2.48 bits per heavy atom. The first kappa shape index (κ1) is 18.2. The summed E-state index contributed by atoms with van der Waals surface area (Å²) in [4.78, 5) is 17.2. The number of likely N-dealkylation sites (tertiary alicyclic amines) is 1. The summed E-state index contributed by atoms with van der Waals surface area (Å²) in [5.74, 6) is 0.170. The highest BCUT2D eigenvalue weighted by Crippen LogP contribution is 2.30. The molecule has 0 atom stereocenters. The number of benzene rings is 2. The summed E-state index contributed by atoms with van der Waals surface area (Å²) < 4.78 is 0. The normalized spacial score (nSPS) is 18.1. The van der Waals surface area contributed by atoms with E-state index < -0.39 is 0 Å². The smallest absolute Gasteiger partial charge is 0.254 e. The minimum absolute atomic E-state index is 0. The first-order valence-corrected chi connectivity index (χ1v) is 8.94. The third-order valence-electron chi connectivity index (χ3n) is 5.15. The van der Waals surface area contributed by atoms with E-state index in [0.29, 0.717) is 17.6 Å². The van der Waals surface area contributed by atoms with Gasteiger partial charge in [-0.1, -0.05) is 41.9 Å². The molecule has 2 aromatic carbocycles. The molecule has 0 bridgehead atoms. The Bertz CT molecular complexity index is 743. The second-order valence-corrected chi connectivity index (χ2v) is 7.16. The van der Waals surface area contributed by atoms with E-state index in [-0.39, 0.29) is 18.3 Å². The van der Waals surface area contributed by atoms with E-state index in [1.807, 2.05) is 23.1 Å². The zero-order valence-corrected chi connectivity index (χ0v) is 15.6. The van der Waals surface area contributed by atoms with Crippen LogP contribution in [0, 0.1) is 0 Å². The van der Waals surface area contributed by atoms with Crippen molar-refractivity contribution in [3.63, 3.8) is 0 Å². The number of hydrogen-bond acceptors (Lipinski definition) is 2. The maximum Gasteiger partial charge on any atom is 0.254 e. The largest absolute Gasteiger partial charge is 0.331 e. The molecule has 0 aromatic heterocycles. The van der Waals surface area contributed by atoms with Gasteiger partial charge in [-0.2, -0.15) is 0 Å². The molecule has 2 heterocycles. The molecule has 2 aliphatic rings. The third-order valence-corrected chi connectivity index (χ3v) is 5.38. The summed E-state index contributed by atoms with van der Waals surface area (Å²) in [6.45, 7) is 3.79. The van der Waals surface area contributed by atoms with Crippen molar-refractivity contribution in [2.24, 2.45) is 0 Å². The molecule has 5 heteroatoms. The van der Waals surface area contributed by atoms with Crippen LogP contribution in [-0.2, 0) is 13.1 Å². The van der Waals surface area contributed by atoms with Crippen molar-refractivity contribution in [2.45, 2.75) is 32.0 Å². The van der Waals surface area contributed by atoms with Crippen LogP contribution in [0.2, 0.25) is 5.02 Å². The quantitative estimate of drug-likeness (QED) is 0.793. The number of fused-ring (bicyclic) bond motifs is 1. The van der Waals surface area contributed by atoms with Crippen molar-refractivity contribution in [3.8, 4) is 0 Å². The lowest BCUT2D eigenvalue weighted by atomic mass is 10.0. The Labute approximate surface area is 160 Å². The summed E-state index contributed by atoms with van der Waals surface area (Å²) >= 11 is 6.06. The summed E-state index contributed by atoms with van der Waals surface area (Å²) in [6.07, 6.45) is 2.08. The average molecular weight is 377 g/mol. The number of halogens is 2. The molecule has 2 aromatic rings. The van der Waals surface area contributed by atoms with E-state index in [1.165, 1.54) is 5.56 Å². The molecule has 0 N–H and O–H groups in total. The number of piperidine rings is 1. The molecule has 4 rings (SSSR count). The molecule has 2 aliphatic heterocycles. The lowest BCUT2D eigenvalue weighted by Crippen LogP contribution is -2.44. The molecule has 0 saturated carbocycles. The van der Waals surface area contributed by atoms with E-state index in [4.69, 9.17) is 11.6 Å². The van der Waals surface area contributed by atoms with Gasteiger partial charge in [0.05, 0.1) is 0 Å². The number of amides is 1. The molecule has 0 spiro atoms. The van der Waals surface area contributed by atoms with Crippen LogP contribution in [0.3, 0.4) is 0 Å². The fourth-order valence-corrected chi connectivity index (χ4v) is 4.03. The highest BCUT2D eigenvalue weighted by atomic mass is 35.5. The third kappa shape index (κ3) is 3.84. The molecule has 3 nitrogen and oxygen atoms in total. The molecular formula is C20H22Cl2N2O. The molecule has 1 fully saturated rings. The highest BCUT2D eigenvalue weighted by molar-refractivity contribution is 6.30. The van der Waals surface area contributed by atoms with Crippen molar-refractivity contribution < 1.29 is 4.79 Å². The van der Waals surface area contributed by atoms with Gasteiger partial charge in [0.2, 0.25) is 0 Å². The van der Waals surface area contributed by atoms with Crippen LogP contribution >= 0.6 is 24.0 Å². The minimum Gasteiger partial charge on any atom is -0.331 e. The minimum atomic E-state index is 0. The summed E-state index contributed by atoms with van der Waals surface area (Å²) in [5.41, 5.74) is 3.25. The van der Waals surface area contributed by atoms with E-state index in [9.17, 15) is 4.79 Å². The standard InChI is InChI=1S/C20H21ClN2O.ClH/c21-17-6-7-19-16(12-17)14-23(20(19)24)18-8-10-22(11-9-18)13-15-4-2-1-3-5-15;/h1-7,12,18H,8-11,13-14H2;1H. The van der Waals surface area contributed by atoms with Crippen LogP contribution in [0.15, 0.2) is 48.5 Å². The predicted octanol–water partition coefficient (Wildman–Crippen LogP) is 4.38. The SMILES string of the molecule is Cl.O=C1c2ccc(Cl)cc2CN1C1CCN(Cc2ccccc2)CC1. The Morgan fingerprint density at radius 1 is 1.04 bits per heavy atom. The summed E-state index contributed by atoms with van der Waals surface area (Å²) in [7, 11) is 0. The van der Waals surface area contributed by atoms with Crippen LogP contribution in [0.4, 0.5) is 0 Å². The molecule has 132 valence electrons. The molecule has 0 unspecified atom stereocenters. The van der Waals surface area contributed by atoms with Gasteiger partial charge in [-0.05, 0) is 42.2 Å². The van der Waals surface area contributed by atoms with Gasteiger partial charge < -0.3 is 4.90 Å². The van der Waals surface area contributed by atoms with Crippen LogP contribution in [0.5, 0.6) is 0 Å². The van der Waals surface area contributed by atoms with Gasteiger partial charge in [-0.15, -0.1) is 12.4 Å². The van der Waals surface area contributed by atoms with Crippen LogP contribution < -0.4 is 0 Å². The lowest BCUT2D eigenvalue weighted by Gasteiger charge is -2.36. The monoisotopic (exact) mass is 376 g/mol. The fraction of sp³-hybridized carbons (Fsp3) is 0.350. The topological polar surface area (TPSA) is 23.6 Å². The van der Waals surface area contributed by atoms with Crippen molar-refractivity contribution in [1.82, 2.24) is 9.80 Å². The Kier molecular flexibility index (Phi) is 5.67. The molecule has 0 aliphatic carbocycles. The summed E-state index contributed by atoms with van der Waals surface area (Å²) in [6, 6.07) is 16.5. The van der Waals surface area contributed by atoms with E-state index in [2.05, 4.69) is 35.2 Å². The second kappa shape index (κ2) is 7.77. The number of rotatable bonds is 3. The lowest BCUT2D eigenvalue weighted by molar-refractivity contribution is 0.0590. The molecular weight excluding hydrogens is 355 g/mol. The zero-order chi connectivity index (χ0) is 16.5. The van der Waals surface area contributed by atoms with Crippen LogP contribution in [0.1, 0.15) is 34.3 Å². The molecule has 1 amide bonds. The maximum absolute atomic E-state index is 12.6. The van der Waals surface area contributed by atoms with E-state index in [1.54, 1.807) is 0 Å². The fourth-order valence-electron chi connectivity index (χ4n) is 3.84. The first-order chi connectivity index (χ1) is 11.7. The van der Waals surface area contributed by atoms with Crippen LogP contribution in [0.25, 0.3) is 0 Å². The Morgan fingerprint density at radius 2 is 1.76 bits per heavy atom. The maximum atomic E-state index is 12.6. The first-order valence-electron chi connectivity index (χ1n) is 8.56. The average Bonchev–Trinajstić information content (AvgIpc) is 2.92. The predicted molar refractivity (Wildman–Crippen MR) is 103 cm³/mol. The zero-order valence-electron chi connectivity index (χ0n) is 14.0. The second-order valence-electron chi connectivity index (χ2n) is 6.73. The number of hydrogen-bond donors (Lipinski definition) is 0. The van der Waals surface area contributed by atoms with Gasteiger partial charge >= 0.3 is 0 Å². The van der Waals surface area contributed by atoms with Gasteiger partial charge in [0.15, 0.2) is 0 Å². The van der Waals surface area contributed by atoms with E-state index >= 15 is 0 Å². The Hall–Kier alpha value is -1.55. The Balaban J connectivity index is 0.00000182. The number of nitrogens with zero attached hydrogens (tertiary/aromatic N) is 2. The molecule has 1 saturated heterocycles. The van der Waals surface area contributed by atoms with Crippen molar-refractivity contribution >= 4 is 29.9 Å². The van der Waals surface area contributed by atoms with E-state index in [0.717, 1.165) is 43.6 Å². The van der Waals surface area contributed by atoms with Gasteiger partial charge in [0.1, 0.15) is 0 Å². The van der Waals surface area contributed by atoms with Crippen LogP contribution in [-0.4, -0.2) is 34.8 Å². The number of carbonyl (C=O) groups is 1. The van der Waals surface area contributed by atoms with Gasteiger partial charge in [0.25, 0.3) is 5.91 Å². The van der Waals surface area contributed by atoms with Crippen molar-refractivity contribution in [3.05, 3.63) is 70.2 Å².